The van der Waals surface area contributed by atoms with Crippen LogP contribution >= 0.6 is 0 Å². The fourth-order valence-corrected chi connectivity index (χ4v) is 3.10. The van der Waals surface area contributed by atoms with Crippen molar-refractivity contribution in [1.29, 1.82) is 0 Å². The third-order valence-electron chi connectivity index (χ3n) is 4.69. The molecule has 1 fully saturated rings. The minimum Gasteiger partial charge on any atom is -0.496 e. The van der Waals surface area contributed by atoms with Crippen molar-refractivity contribution in [1.82, 2.24) is 15.1 Å². The molecule has 1 unspecified atom stereocenters. The Morgan fingerprint density at radius 3 is 2.52 bits per heavy atom. The van der Waals surface area contributed by atoms with Crippen molar-refractivity contribution in [3.63, 3.8) is 0 Å². The summed E-state index contributed by atoms with van der Waals surface area (Å²) in [6.45, 7) is 2.55. The molecular formula is C18H23N3O6. The quantitative estimate of drug-likeness (QED) is 0.676. The summed E-state index contributed by atoms with van der Waals surface area (Å²) in [5.74, 6) is -1.71. The number of imide groups is 1. The number of aliphatic carboxylic acids is 1. The number of benzene rings is 1. The van der Waals surface area contributed by atoms with Crippen LogP contribution in [0.4, 0.5) is 4.79 Å². The standard InChI is InChI=1S/C18H23N3O6/c1-5-18(12-6-7-13(27-4)11(2)8-12)16(25)21(17(26)19-18)9-14(22)20(3)10-15(23)24/h6-8H,5,9-10H2,1-4H3,(H,19,26)(H,23,24). The third kappa shape index (κ3) is 3.71. The number of hydrogen-bond donors (Lipinski definition) is 2. The Balaban J connectivity index is 2.30. The second-order valence-corrected chi connectivity index (χ2v) is 6.41. The Hall–Kier alpha value is -3.10. The number of urea groups is 1. The van der Waals surface area contributed by atoms with Crippen LogP contribution in [0.15, 0.2) is 18.2 Å². The van der Waals surface area contributed by atoms with Crippen molar-refractivity contribution in [3.8, 4) is 5.75 Å². The lowest BCUT2D eigenvalue weighted by molar-refractivity contribution is -0.144. The number of rotatable bonds is 7. The molecule has 2 rings (SSSR count). The normalized spacial score (nSPS) is 19.0. The zero-order valence-corrected chi connectivity index (χ0v) is 15.7. The number of methoxy groups -OCH3 is 1. The predicted molar refractivity (Wildman–Crippen MR) is 95.2 cm³/mol. The number of ether oxygens (including phenoxy) is 1. The Morgan fingerprint density at radius 1 is 1.33 bits per heavy atom. The minimum atomic E-state index is -1.28. The summed E-state index contributed by atoms with van der Waals surface area (Å²) < 4.78 is 5.23. The van der Waals surface area contributed by atoms with Gasteiger partial charge in [0.25, 0.3) is 5.91 Å². The molecule has 1 aromatic carbocycles. The summed E-state index contributed by atoms with van der Waals surface area (Å²) in [4.78, 5) is 50.1. The van der Waals surface area contributed by atoms with Gasteiger partial charge < -0.3 is 20.1 Å². The number of carboxylic acids is 1. The molecule has 9 heteroatoms. The number of carboxylic acid groups (broad SMARTS) is 1. The molecule has 9 nitrogen and oxygen atoms in total. The van der Waals surface area contributed by atoms with Crippen LogP contribution in [0.1, 0.15) is 24.5 Å². The second kappa shape index (κ2) is 7.65. The van der Waals surface area contributed by atoms with E-state index >= 15 is 0 Å². The summed E-state index contributed by atoms with van der Waals surface area (Å²) in [6, 6.07) is 4.50. The predicted octanol–water partition coefficient (Wildman–Crippen LogP) is 0.704. The van der Waals surface area contributed by atoms with E-state index < -0.39 is 42.4 Å². The molecule has 0 saturated carbocycles. The first kappa shape index (κ1) is 20.2. The van der Waals surface area contributed by atoms with Crippen LogP contribution in [0.2, 0.25) is 0 Å². The molecule has 27 heavy (non-hydrogen) atoms. The van der Waals surface area contributed by atoms with Crippen LogP contribution in [0.5, 0.6) is 5.75 Å². The van der Waals surface area contributed by atoms with E-state index in [2.05, 4.69) is 5.32 Å². The van der Waals surface area contributed by atoms with Crippen LogP contribution in [0, 0.1) is 6.92 Å². The van der Waals surface area contributed by atoms with Gasteiger partial charge in [0.1, 0.15) is 24.4 Å². The smallest absolute Gasteiger partial charge is 0.325 e. The number of amides is 4. The van der Waals surface area contributed by atoms with E-state index in [0.717, 1.165) is 15.4 Å². The van der Waals surface area contributed by atoms with Gasteiger partial charge >= 0.3 is 12.0 Å². The second-order valence-electron chi connectivity index (χ2n) is 6.41. The van der Waals surface area contributed by atoms with Crippen LogP contribution in [0.3, 0.4) is 0 Å². The Kier molecular flexibility index (Phi) is 5.72. The lowest BCUT2D eigenvalue weighted by atomic mass is 9.86. The van der Waals surface area contributed by atoms with Gasteiger partial charge in [-0.05, 0) is 36.6 Å². The van der Waals surface area contributed by atoms with Crippen LogP contribution in [0.25, 0.3) is 0 Å². The van der Waals surface area contributed by atoms with Gasteiger partial charge in [0, 0.05) is 7.05 Å². The number of aryl methyl sites for hydroxylation is 1. The van der Waals surface area contributed by atoms with Crippen molar-refractivity contribution in [2.45, 2.75) is 25.8 Å². The van der Waals surface area contributed by atoms with Gasteiger partial charge in [-0.25, -0.2) is 4.79 Å². The third-order valence-corrected chi connectivity index (χ3v) is 4.69. The van der Waals surface area contributed by atoms with E-state index in [1.165, 1.54) is 7.05 Å². The SMILES string of the molecule is CCC1(c2ccc(OC)c(C)c2)NC(=O)N(CC(=O)N(C)CC(=O)O)C1=O. The topological polar surface area (TPSA) is 116 Å². The van der Waals surface area contributed by atoms with Crippen LogP contribution in [-0.4, -0.2) is 66.0 Å². The first-order valence-corrected chi connectivity index (χ1v) is 8.41. The van der Waals surface area contributed by atoms with E-state index in [1.54, 1.807) is 32.2 Å². The highest BCUT2D eigenvalue weighted by Crippen LogP contribution is 2.34. The van der Waals surface area contributed by atoms with Gasteiger partial charge in [-0.15, -0.1) is 0 Å². The van der Waals surface area contributed by atoms with Gasteiger partial charge in [-0.3, -0.25) is 19.3 Å². The average Bonchev–Trinajstić information content (AvgIpc) is 2.86. The summed E-state index contributed by atoms with van der Waals surface area (Å²) in [7, 11) is 2.84. The van der Waals surface area contributed by atoms with Gasteiger partial charge in [0.15, 0.2) is 0 Å². The Morgan fingerprint density at radius 2 is 2.00 bits per heavy atom. The molecule has 1 aromatic rings. The van der Waals surface area contributed by atoms with E-state index in [0.29, 0.717) is 17.7 Å². The number of hydrogen-bond acceptors (Lipinski definition) is 5. The average molecular weight is 377 g/mol. The molecule has 1 saturated heterocycles. The molecule has 1 atom stereocenters. The molecule has 1 aliphatic heterocycles. The highest BCUT2D eigenvalue weighted by molar-refractivity contribution is 6.09. The Labute approximate surface area is 156 Å². The highest BCUT2D eigenvalue weighted by Gasteiger charge is 2.51. The number of likely N-dealkylation sites (N-methyl/N-ethyl adjacent to an activating group) is 1. The van der Waals surface area contributed by atoms with E-state index in [1.807, 2.05) is 6.92 Å². The molecule has 0 spiro atoms. The number of nitrogens with one attached hydrogen (secondary N) is 1. The maximum atomic E-state index is 13.0. The Bertz CT molecular complexity index is 793. The number of carbonyl (C=O) groups excluding carboxylic acids is 3. The summed E-state index contributed by atoms with van der Waals surface area (Å²) in [6.07, 6.45) is 0.291. The zero-order chi connectivity index (χ0) is 20.4. The number of nitrogens with zero attached hydrogens (tertiary/aromatic N) is 2. The highest BCUT2D eigenvalue weighted by atomic mass is 16.5. The molecule has 2 N–H and O–H groups in total. The van der Waals surface area contributed by atoms with E-state index in [-0.39, 0.29) is 0 Å². The largest absolute Gasteiger partial charge is 0.496 e. The van der Waals surface area contributed by atoms with Crippen LogP contribution < -0.4 is 10.1 Å². The van der Waals surface area contributed by atoms with Gasteiger partial charge in [-0.2, -0.15) is 0 Å². The molecule has 0 aliphatic carbocycles. The van der Waals surface area contributed by atoms with E-state index in [4.69, 9.17) is 9.84 Å². The summed E-state index contributed by atoms with van der Waals surface area (Å²) >= 11 is 0. The molecule has 146 valence electrons. The van der Waals surface area contributed by atoms with Gasteiger partial charge in [-0.1, -0.05) is 13.0 Å². The minimum absolute atomic E-state index is 0.291. The van der Waals surface area contributed by atoms with Crippen LogP contribution in [-0.2, 0) is 19.9 Å². The van der Waals surface area contributed by atoms with Crippen molar-refractivity contribution >= 4 is 23.8 Å². The van der Waals surface area contributed by atoms with Crippen molar-refractivity contribution in [2.75, 3.05) is 27.2 Å². The van der Waals surface area contributed by atoms with Gasteiger partial charge in [0.2, 0.25) is 5.91 Å². The monoisotopic (exact) mass is 377 g/mol. The fraction of sp³-hybridized carbons (Fsp3) is 0.444. The van der Waals surface area contributed by atoms with E-state index in [9.17, 15) is 19.2 Å². The first-order valence-electron chi connectivity index (χ1n) is 8.41. The molecule has 0 radical (unpaired) electrons. The molecular weight excluding hydrogens is 354 g/mol. The van der Waals surface area contributed by atoms with Crippen molar-refractivity contribution in [3.05, 3.63) is 29.3 Å². The summed E-state index contributed by atoms with van der Waals surface area (Å²) in [5, 5.41) is 11.5. The van der Waals surface area contributed by atoms with Gasteiger partial charge in [0.05, 0.1) is 7.11 Å². The maximum Gasteiger partial charge on any atom is 0.325 e. The molecule has 1 aliphatic rings. The molecule has 4 amide bonds. The summed E-state index contributed by atoms with van der Waals surface area (Å²) in [5.41, 5.74) is 0.121. The zero-order valence-electron chi connectivity index (χ0n) is 15.7. The number of carbonyl (C=O) groups is 4. The molecule has 1 heterocycles. The van der Waals surface area contributed by atoms with Crippen molar-refractivity contribution < 1.29 is 29.0 Å². The molecule has 0 aromatic heterocycles. The maximum absolute atomic E-state index is 13.0. The lowest BCUT2D eigenvalue weighted by Gasteiger charge is -2.26. The van der Waals surface area contributed by atoms with Crippen molar-refractivity contribution in [2.24, 2.45) is 0 Å². The molecule has 0 bridgehead atoms. The fourth-order valence-electron chi connectivity index (χ4n) is 3.10. The lowest BCUT2D eigenvalue weighted by Crippen LogP contribution is -2.45. The first-order chi connectivity index (χ1) is 12.7.